The molecule has 1 aliphatic rings. The molecule has 0 atom stereocenters. The zero-order chi connectivity index (χ0) is 15.3. The van der Waals surface area contributed by atoms with Crippen LogP contribution in [-0.2, 0) is 20.8 Å². The van der Waals surface area contributed by atoms with Gasteiger partial charge in [-0.1, -0.05) is 30.3 Å². The fourth-order valence-electron chi connectivity index (χ4n) is 3.09. The number of benzene rings is 1. The highest BCUT2D eigenvalue weighted by molar-refractivity contribution is 6.09. The summed E-state index contributed by atoms with van der Waals surface area (Å²) in [4.78, 5) is 35.6. The third kappa shape index (κ3) is 3.57. The van der Waals surface area contributed by atoms with Gasteiger partial charge < -0.3 is 5.11 Å². The number of hydrogen-bond donors (Lipinski definition) is 1. The van der Waals surface area contributed by atoms with Crippen LogP contribution in [0.5, 0.6) is 0 Å². The second-order valence-electron chi connectivity index (χ2n) is 5.69. The Morgan fingerprint density at radius 2 is 1.71 bits per heavy atom. The molecule has 0 aromatic heterocycles. The molecule has 0 amide bonds. The maximum Gasteiger partial charge on any atom is 0.303 e. The number of carboxylic acids is 1. The van der Waals surface area contributed by atoms with Crippen molar-refractivity contribution in [3.63, 3.8) is 0 Å². The van der Waals surface area contributed by atoms with Gasteiger partial charge in [0.05, 0.1) is 5.41 Å². The fraction of sp³-hybridized carbons (Fsp3) is 0.471. The van der Waals surface area contributed by atoms with E-state index >= 15 is 0 Å². The normalized spacial score (nSPS) is 17.7. The second-order valence-corrected chi connectivity index (χ2v) is 5.69. The zero-order valence-electron chi connectivity index (χ0n) is 12.0. The number of aliphatic carboxylic acids is 1. The van der Waals surface area contributed by atoms with Gasteiger partial charge in [-0.15, -0.1) is 0 Å². The Balaban J connectivity index is 2.22. The van der Waals surface area contributed by atoms with Crippen LogP contribution in [-0.4, -0.2) is 22.6 Å². The van der Waals surface area contributed by atoms with Crippen molar-refractivity contribution in [1.29, 1.82) is 0 Å². The molecule has 112 valence electrons. The Morgan fingerprint density at radius 3 is 2.29 bits per heavy atom. The number of carbonyl (C=O) groups is 3. The molecular weight excluding hydrogens is 268 g/mol. The third-order valence-electron chi connectivity index (χ3n) is 4.22. The van der Waals surface area contributed by atoms with Gasteiger partial charge in [0, 0.05) is 19.3 Å². The van der Waals surface area contributed by atoms with Crippen LogP contribution in [0, 0.1) is 5.41 Å². The fourth-order valence-corrected chi connectivity index (χ4v) is 3.09. The van der Waals surface area contributed by atoms with Gasteiger partial charge in [-0.05, 0) is 31.2 Å². The summed E-state index contributed by atoms with van der Waals surface area (Å²) in [5, 5.41) is 8.78. The number of Topliss-reactive ketones (excluding diaryl/α,β-unsaturated/α-hetero) is 2. The molecule has 2 rings (SSSR count). The van der Waals surface area contributed by atoms with Crippen LogP contribution < -0.4 is 0 Å². The summed E-state index contributed by atoms with van der Waals surface area (Å²) < 4.78 is 0. The van der Waals surface area contributed by atoms with Crippen LogP contribution in [0.1, 0.15) is 44.1 Å². The van der Waals surface area contributed by atoms with Crippen LogP contribution in [0.3, 0.4) is 0 Å². The van der Waals surface area contributed by atoms with E-state index in [1.165, 1.54) is 0 Å². The van der Waals surface area contributed by atoms with Gasteiger partial charge in [0.1, 0.15) is 11.6 Å². The van der Waals surface area contributed by atoms with E-state index in [1.54, 1.807) is 0 Å². The molecule has 1 N–H and O–H groups in total. The quantitative estimate of drug-likeness (QED) is 0.817. The maximum absolute atomic E-state index is 12.4. The molecule has 1 saturated carbocycles. The first-order chi connectivity index (χ1) is 10.0. The predicted molar refractivity (Wildman–Crippen MR) is 77.9 cm³/mol. The van der Waals surface area contributed by atoms with E-state index in [9.17, 15) is 14.4 Å². The topological polar surface area (TPSA) is 71.4 Å². The summed E-state index contributed by atoms with van der Waals surface area (Å²) in [5.41, 5.74) is -0.0499. The van der Waals surface area contributed by atoms with Crippen molar-refractivity contribution < 1.29 is 19.5 Å². The first-order valence-corrected chi connectivity index (χ1v) is 7.37. The van der Waals surface area contributed by atoms with Crippen LogP contribution in [0.2, 0.25) is 0 Å². The monoisotopic (exact) mass is 288 g/mol. The largest absolute Gasteiger partial charge is 0.481 e. The molecule has 0 bridgehead atoms. The molecule has 0 spiro atoms. The van der Waals surface area contributed by atoms with Gasteiger partial charge in [-0.2, -0.15) is 0 Å². The average Bonchev–Trinajstić information content (AvgIpc) is 2.45. The first-order valence-electron chi connectivity index (χ1n) is 7.37. The Hall–Kier alpha value is -1.97. The number of rotatable bonds is 6. The lowest BCUT2D eigenvalue weighted by atomic mass is 9.66. The Kier molecular flexibility index (Phi) is 4.89. The summed E-state index contributed by atoms with van der Waals surface area (Å²) >= 11 is 0. The molecule has 1 aromatic carbocycles. The van der Waals surface area contributed by atoms with Crippen LogP contribution in [0.15, 0.2) is 30.3 Å². The second kappa shape index (κ2) is 6.66. The number of carboxylic acid groups (broad SMARTS) is 1. The molecule has 4 nitrogen and oxygen atoms in total. The van der Waals surface area contributed by atoms with Crippen LogP contribution >= 0.6 is 0 Å². The van der Waals surface area contributed by atoms with E-state index in [-0.39, 0.29) is 18.0 Å². The predicted octanol–water partition coefficient (Wildman–Crippen LogP) is 2.79. The van der Waals surface area contributed by atoms with Crippen molar-refractivity contribution in [2.75, 3.05) is 0 Å². The lowest BCUT2D eigenvalue weighted by Gasteiger charge is -2.34. The van der Waals surface area contributed by atoms with Crippen molar-refractivity contribution in [3.8, 4) is 0 Å². The van der Waals surface area contributed by atoms with Gasteiger partial charge in [0.25, 0.3) is 0 Å². The van der Waals surface area contributed by atoms with E-state index in [0.717, 1.165) is 5.56 Å². The Labute approximate surface area is 124 Å². The van der Waals surface area contributed by atoms with E-state index < -0.39 is 11.4 Å². The van der Waals surface area contributed by atoms with Gasteiger partial charge in [0.2, 0.25) is 0 Å². The minimum Gasteiger partial charge on any atom is -0.481 e. The van der Waals surface area contributed by atoms with Crippen molar-refractivity contribution in [2.45, 2.75) is 44.9 Å². The van der Waals surface area contributed by atoms with E-state index in [0.29, 0.717) is 38.5 Å². The standard InChI is InChI=1S/C17H20O4/c18-14-8-4-9-15(19)17(14,11-5-10-16(20)21)12-13-6-2-1-3-7-13/h1-3,6-7H,4-5,8-12H2,(H,20,21). The van der Waals surface area contributed by atoms with Crippen molar-refractivity contribution in [3.05, 3.63) is 35.9 Å². The lowest BCUT2D eigenvalue weighted by molar-refractivity contribution is -0.146. The van der Waals surface area contributed by atoms with E-state index in [2.05, 4.69) is 0 Å². The first kappa shape index (κ1) is 15.4. The molecule has 1 fully saturated rings. The lowest BCUT2D eigenvalue weighted by Crippen LogP contribution is -2.44. The van der Waals surface area contributed by atoms with Crippen LogP contribution in [0.25, 0.3) is 0 Å². The highest BCUT2D eigenvalue weighted by Gasteiger charge is 2.46. The number of carbonyl (C=O) groups excluding carboxylic acids is 2. The molecule has 1 aliphatic carbocycles. The average molecular weight is 288 g/mol. The van der Waals surface area contributed by atoms with Crippen molar-refractivity contribution in [2.24, 2.45) is 5.41 Å². The molecule has 4 heteroatoms. The zero-order valence-corrected chi connectivity index (χ0v) is 12.0. The molecule has 0 aliphatic heterocycles. The molecule has 0 heterocycles. The summed E-state index contributed by atoms with van der Waals surface area (Å²) in [5.74, 6) is -0.929. The minimum absolute atomic E-state index is 0.00288. The van der Waals surface area contributed by atoms with Gasteiger partial charge in [-0.25, -0.2) is 0 Å². The molecule has 1 aromatic rings. The highest BCUT2D eigenvalue weighted by atomic mass is 16.4. The van der Waals surface area contributed by atoms with E-state index in [1.807, 2.05) is 30.3 Å². The summed E-state index contributed by atoms with van der Waals surface area (Å²) in [7, 11) is 0. The SMILES string of the molecule is O=C(O)CCCC1(Cc2ccccc2)C(=O)CCCC1=O. The minimum atomic E-state index is -1.00. The summed E-state index contributed by atoms with van der Waals surface area (Å²) in [6.45, 7) is 0. The van der Waals surface area contributed by atoms with Gasteiger partial charge in [0.15, 0.2) is 0 Å². The molecule has 0 radical (unpaired) electrons. The third-order valence-corrected chi connectivity index (χ3v) is 4.22. The summed E-state index contributed by atoms with van der Waals surface area (Å²) in [6, 6.07) is 9.49. The Morgan fingerprint density at radius 1 is 1.10 bits per heavy atom. The van der Waals surface area contributed by atoms with Crippen LogP contribution in [0.4, 0.5) is 0 Å². The summed E-state index contributed by atoms with van der Waals surface area (Å²) in [6.07, 6.45) is 2.55. The molecule has 21 heavy (non-hydrogen) atoms. The van der Waals surface area contributed by atoms with Gasteiger partial charge in [-0.3, -0.25) is 14.4 Å². The van der Waals surface area contributed by atoms with E-state index in [4.69, 9.17) is 5.11 Å². The molecule has 0 unspecified atom stereocenters. The van der Waals surface area contributed by atoms with Gasteiger partial charge >= 0.3 is 5.97 Å². The smallest absolute Gasteiger partial charge is 0.303 e. The molecular formula is C17H20O4. The number of hydrogen-bond acceptors (Lipinski definition) is 3. The highest BCUT2D eigenvalue weighted by Crippen LogP contribution is 2.38. The maximum atomic E-state index is 12.4. The van der Waals surface area contributed by atoms with Crippen molar-refractivity contribution in [1.82, 2.24) is 0 Å². The Bertz CT molecular complexity index is 517. The molecule has 0 saturated heterocycles. The van der Waals surface area contributed by atoms with Crippen molar-refractivity contribution >= 4 is 17.5 Å². The number of ketones is 2.